The number of carbonyl (C=O) groups excluding carboxylic acids is 1. The Balaban J connectivity index is 1.64. The SMILES string of the molecule is CCCc1nc(C2CN(C(=O)c3cccc(OC)c3OC)CC23CCCC3)n[nH]1. The minimum absolute atomic E-state index is 0.0150. The van der Waals surface area contributed by atoms with Crippen LogP contribution >= 0.6 is 0 Å². The number of amides is 1. The Kier molecular flexibility index (Phi) is 5.48. The molecule has 2 aliphatic rings. The van der Waals surface area contributed by atoms with Crippen molar-refractivity contribution in [2.45, 2.75) is 51.4 Å². The minimum Gasteiger partial charge on any atom is -0.493 e. The van der Waals surface area contributed by atoms with Gasteiger partial charge in [-0.2, -0.15) is 5.10 Å². The molecule has 1 aromatic heterocycles. The van der Waals surface area contributed by atoms with Gasteiger partial charge in [0.1, 0.15) is 5.82 Å². The van der Waals surface area contributed by atoms with Gasteiger partial charge in [0.2, 0.25) is 0 Å². The van der Waals surface area contributed by atoms with Crippen LogP contribution in [0.15, 0.2) is 18.2 Å². The maximum absolute atomic E-state index is 13.5. The molecule has 1 saturated heterocycles. The number of rotatable bonds is 6. The van der Waals surface area contributed by atoms with E-state index >= 15 is 0 Å². The Bertz CT molecular complexity index is 873. The van der Waals surface area contributed by atoms with Crippen LogP contribution in [-0.4, -0.2) is 53.3 Å². The average Bonchev–Trinajstić information content (AvgIpc) is 3.48. The molecule has 1 N–H and O–H groups in total. The van der Waals surface area contributed by atoms with Crippen LogP contribution in [0, 0.1) is 5.41 Å². The summed E-state index contributed by atoms with van der Waals surface area (Å²) in [5, 5.41) is 7.64. The molecule has 7 heteroatoms. The summed E-state index contributed by atoms with van der Waals surface area (Å²) in [6.45, 7) is 3.52. The zero-order valence-corrected chi connectivity index (χ0v) is 17.5. The second-order valence-corrected chi connectivity index (χ2v) is 8.24. The Morgan fingerprint density at radius 1 is 1.28 bits per heavy atom. The number of nitrogens with zero attached hydrogens (tertiary/aromatic N) is 3. The molecule has 0 radical (unpaired) electrons. The van der Waals surface area contributed by atoms with Gasteiger partial charge in [-0.1, -0.05) is 25.8 Å². The third-order valence-corrected chi connectivity index (χ3v) is 6.52. The average molecular weight is 399 g/mol. The van der Waals surface area contributed by atoms with E-state index in [1.54, 1.807) is 14.2 Å². The number of benzene rings is 1. The summed E-state index contributed by atoms with van der Waals surface area (Å²) >= 11 is 0. The lowest BCUT2D eigenvalue weighted by Gasteiger charge is -2.28. The van der Waals surface area contributed by atoms with Crippen LogP contribution < -0.4 is 9.47 Å². The number of hydrogen-bond acceptors (Lipinski definition) is 5. The number of likely N-dealkylation sites (tertiary alicyclic amines) is 1. The largest absolute Gasteiger partial charge is 0.493 e. The Hall–Kier alpha value is -2.57. The lowest BCUT2D eigenvalue weighted by atomic mass is 9.76. The highest BCUT2D eigenvalue weighted by molar-refractivity contribution is 5.98. The Morgan fingerprint density at radius 2 is 2.07 bits per heavy atom. The van der Waals surface area contributed by atoms with E-state index in [1.807, 2.05) is 23.1 Å². The maximum atomic E-state index is 13.5. The van der Waals surface area contributed by atoms with E-state index in [9.17, 15) is 4.79 Å². The monoisotopic (exact) mass is 398 g/mol. The molecular weight excluding hydrogens is 368 g/mol. The number of methoxy groups -OCH3 is 2. The summed E-state index contributed by atoms with van der Waals surface area (Å²) in [5.74, 6) is 3.03. The molecule has 2 aromatic rings. The Morgan fingerprint density at radius 3 is 2.76 bits per heavy atom. The number of nitrogens with one attached hydrogen (secondary N) is 1. The number of H-pyrrole nitrogens is 1. The van der Waals surface area contributed by atoms with Gasteiger partial charge in [0.05, 0.1) is 19.8 Å². The maximum Gasteiger partial charge on any atom is 0.257 e. The van der Waals surface area contributed by atoms with Gasteiger partial charge in [-0.15, -0.1) is 0 Å². The second-order valence-electron chi connectivity index (χ2n) is 8.24. The van der Waals surface area contributed by atoms with Crippen molar-refractivity contribution in [1.82, 2.24) is 20.1 Å². The summed E-state index contributed by atoms with van der Waals surface area (Å²) in [6, 6.07) is 5.45. The van der Waals surface area contributed by atoms with Crippen molar-refractivity contribution < 1.29 is 14.3 Å². The van der Waals surface area contributed by atoms with Crippen LogP contribution in [0.5, 0.6) is 11.5 Å². The summed E-state index contributed by atoms with van der Waals surface area (Å²) in [5.41, 5.74) is 0.621. The van der Waals surface area contributed by atoms with E-state index in [4.69, 9.17) is 14.5 Å². The zero-order valence-electron chi connectivity index (χ0n) is 17.5. The van der Waals surface area contributed by atoms with Crippen molar-refractivity contribution >= 4 is 5.91 Å². The smallest absolute Gasteiger partial charge is 0.257 e. The van der Waals surface area contributed by atoms with Gasteiger partial charge < -0.3 is 14.4 Å². The van der Waals surface area contributed by atoms with Crippen molar-refractivity contribution in [3.05, 3.63) is 35.4 Å². The Labute approximate surface area is 171 Å². The van der Waals surface area contributed by atoms with Crippen LogP contribution in [0.25, 0.3) is 0 Å². The molecule has 2 heterocycles. The zero-order chi connectivity index (χ0) is 20.4. The summed E-state index contributed by atoms with van der Waals surface area (Å²) in [4.78, 5) is 20.2. The summed E-state index contributed by atoms with van der Waals surface area (Å²) in [6.07, 6.45) is 6.57. The van der Waals surface area contributed by atoms with E-state index in [0.29, 0.717) is 23.6 Å². The predicted molar refractivity (Wildman–Crippen MR) is 109 cm³/mol. The molecule has 4 rings (SSSR count). The van der Waals surface area contributed by atoms with Crippen molar-refractivity contribution in [2.75, 3.05) is 27.3 Å². The molecular formula is C22H30N4O3. The van der Waals surface area contributed by atoms with Crippen LogP contribution in [-0.2, 0) is 6.42 Å². The number of para-hydroxylation sites is 1. The fourth-order valence-corrected chi connectivity index (χ4v) is 5.11. The van der Waals surface area contributed by atoms with E-state index in [0.717, 1.165) is 43.9 Å². The van der Waals surface area contributed by atoms with Gasteiger partial charge in [-0.05, 0) is 36.8 Å². The molecule has 1 aliphatic heterocycles. The molecule has 1 amide bonds. The standard InChI is InChI=1S/C22H30N4O3/c1-4-8-18-23-20(25-24-18)16-13-26(14-22(16)11-5-6-12-22)21(27)15-9-7-10-17(28-2)19(15)29-3/h7,9-10,16H,4-6,8,11-14H2,1-3H3,(H,23,24,25). The fraction of sp³-hybridized carbons (Fsp3) is 0.591. The fourth-order valence-electron chi connectivity index (χ4n) is 5.11. The summed E-state index contributed by atoms with van der Waals surface area (Å²) in [7, 11) is 3.16. The van der Waals surface area contributed by atoms with Crippen LogP contribution in [0.4, 0.5) is 0 Å². The van der Waals surface area contributed by atoms with Gasteiger partial charge in [0.15, 0.2) is 17.3 Å². The highest BCUT2D eigenvalue weighted by Gasteiger charge is 2.51. The van der Waals surface area contributed by atoms with Gasteiger partial charge in [-0.25, -0.2) is 4.98 Å². The van der Waals surface area contributed by atoms with E-state index in [-0.39, 0.29) is 17.2 Å². The molecule has 0 bridgehead atoms. The number of aryl methyl sites for hydroxylation is 1. The van der Waals surface area contributed by atoms with Crippen LogP contribution in [0.1, 0.15) is 67.0 Å². The van der Waals surface area contributed by atoms with Gasteiger partial charge in [0, 0.05) is 25.4 Å². The number of aromatic nitrogens is 3. The molecule has 7 nitrogen and oxygen atoms in total. The minimum atomic E-state index is -0.0150. The molecule has 1 aromatic carbocycles. The first-order chi connectivity index (χ1) is 14.1. The second kappa shape index (κ2) is 8.05. The third-order valence-electron chi connectivity index (χ3n) is 6.52. The number of ether oxygens (including phenoxy) is 2. The van der Waals surface area contributed by atoms with Gasteiger partial charge in [-0.3, -0.25) is 9.89 Å². The quantitative estimate of drug-likeness (QED) is 0.805. The topological polar surface area (TPSA) is 80.3 Å². The van der Waals surface area contributed by atoms with Crippen LogP contribution in [0.2, 0.25) is 0 Å². The lowest BCUT2D eigenvalue weighted by Crippen LogP contribution is -2.31. The highest BCUT2D eigenvalue weighted by Crippen LogP contribution is 2.53. The van der Waals surface area contributed by atoms with Crippen LogP contribution in [0.3, 0.4) is 0 Å². The lowest BCUT2D eigenvalue weighted by molar-refractivity contribution is 0.0769. The highest BCUT2D eigenvalue weighted by atomic mass is 16.5. The van der Waals surface area contributed by atoms with Crippen molar-refractivity contribution in [2.24, 2.45) is 5.41 Å². The first-order valence-electron chi connectivity index (χ1n) is 10.5. The normalized spacial score (nSPS) is 20.4. The van der Waals surface area contributed by atoms with Gasteiger partial charge >= 0.3 is 0 Å². The molecule has 2 fully saturated rings. The van der Waals surface area contributed by atoms with E-state index in [1.165, 1.54) is 12.8 Å². The summed E-state index contributed by atoms with van der Waals surface area (Å²) < 4.78 is 10.9. The molecule has 1 unspecified atom stereocenters. The third kappa shape index (κ3) is 3.47. The number of hydrogen-bond donors (Lipinski definition) is 1. The van der Waals surface area contributed by atoms with E-state index in [2.05, 4.69) is 17.1 Å². The first-order valence-corrected chi connectivity index (χ1v) is 10.5. The molecule has 1 spiro atoms. The predicted octanol–water partition coefficient (Wildman–Crippen LogP) is 3.57. The molecule has 1 atom stereocenters. The molecule has 156 valence electrons. The number of carbonyl (C=O) groups is 1. The van der Waals surface area contributed by atoms with Crippen molar-refractivity contribution in [1.29, 1.82) is 0 Å². The van der Waals surface area contributed by atoms with Crippen molar-refractivity contribution in [3.63, 3.8) is 0 Å². The molecule has 29 heavy (non-hydrogen) atoms. The molecule has 1 saturated carbocycles. The van der Waals surface area contributed by atoms with Crippen molar-refractivity contribution in [3.8, 4) is 11.5 Å². The molecule has 1 aliphatic carbocycles. The first kappa shape index (κ1) is 19.7. The van der Waals surface area contributed by atoms with E-state index < -0.39 is 0 Å². The number of aromatic amines is 1. The van der Waals surface area contributed by atoms with Gasteiger partial charge in [0.25, 0.3) is 5.91 Å².